The lowest BCUT2D eigenvalue weighted by molar-refractivity contribution is 0.0515. The molecule has 0 spiro atoms. The first-order valence-corrected chi connectivity index (χ1v) is 9.34. The molecule has 0 saturated carbocycles. The van der Waals surface area contributed by atoms with Crippen LogP contribution in [-0.4, -0.2) is 25.2 Å². The van der Waals surface area contributed by atoms with E-state index < -0.39 is 0 Å². The molecule has 4 heteroatoms. The Morgan fingerprint density at radius 3 is 1.37 bits per heavy atom. The Hall–Kier alpha value is -2.62. The van der Waals surface area contributed by atoms with Gasteiger partial charge in [0, 0.05) is 0 Å². The molecule has 0 aliphatic carbocycles. The van der Waals surface area contributed by atoms with E-state index >= 15 is 0 Å². The smallest absolute Gasteiger partial charge is 0.338 e. The minimum absolute atomic E-state index is 0.282. The van der Waals surface area contributed by atoms with Crippen LogP contribution in [0.1, 0.15) is 67.9 Å². The van der Waals surface area contributed by atoms with Crippen LogP contribution in [0.4, 0.5) is 0 Å². The molecule has 27 heavy (non-hydrogen) atoms. The van der Waals surface area contributed by atoms with Gasteiger partial charge >= 0.3 is 11.9 Å². The van der Waals surface area contributed by atoms with Crippen LogP contribution in [0.25, 0.3) is 0 Å². The number of benzene rings is 2. The van der Waals surface area contributed by atoms with Crippen LogP contribution >= 0.6 is 0 Å². The molecular weight excluding hydrogens is 340 g/mol. The van der Waals surface area contributed by atoms with E-state index in [0.29, 0.717) is 24.3 Å². The average Bonchev–Trinajstić information content (AvgIpc) is 2.63. The molecule has 0 heterocycles. The molecular formula is C23H28O4. The van der Waals surface area contributed by atoms with Crippen LogP contribution in [-0.2, 0) is 15.9 Å². The van der Waals surface area contributed by atoms with Gasteiger partial charge in [0.05, 0.1) is 24.3 Å². The highest BCUT2D eigenvalue weighted by Crippen LogP contribution is 2.25. The van der Waals surface area contributed by atoms with Crippen molar-refractivity contribution in [1.29, 1.82) is 0 Å². The first-order valence-electron chi connectivity index (χ1n) is 9.34. The number of esters is 2. The molecule has 4 nitrogen and oxygen atoms in total. The molecule has 0 radical (unpaired) electrons. The number of ether oxygens (including phenoxy) is 2. The summed E-state index contributed by atoms with van der Waals surface area (Å²) in [7, 11) is 0. The Labute approximate surface area is 161 Å². The zero-order valence-corrected chi connectivity index (χ0v) is 17.1. The Morgan fingerprint density at radius 1 is 0.667 bits per heavy atom. The van der Waals surface area contributed by atoms with Gasteiger partial charge in [-0.2, -0.15) is 0 Å². The maximum atomic E-state index is 12.1. The molecule has 2 rings (SSSR count). The largest absolute Gasteiger partial charge is 0.462 e. The zero-order chi connectivity index (χ0) is 20.1. The first kappa shape index (κ1) is 20.7. The predicted molar refractivity (Wildman–Crippen MR) is 107 cm³/mol. The minimum atomic E-state index is -0.282. The third-order valence-electron chi connectivity index (χ3n) is 5.17. The molecule has 0 fully saturated rings. The summed E-state index contributed by atoms with van der Waals surface area (Å²) in [5.41, 5.74) is 7.62. The fraction of sp³-hybridized carbons (Fsp3) is 0.391. The van der Waals surface area contributed by atoms with Crippen LogP contribution < -0.4 is 0 Å². The van der Waals surface area contributed by atoms with Crippen LogP contribution in [0.15, 0.2) is 24.3 Å². The van der Waals surface area contributed by atoms with Crippen molar-refractivity contribution in [3.8, 4) is 0 Å². The van der Waals surface area contributed by atoms with Crippen molar-refractivity contribution in [2.75, 3.05) is 13.2 Å². The summed E-state index contributed by atoms with van der Waals surface area (Å²) in [6.07, 6.45) is 0.742. The van der Waals surface area contributed by atoms with Crippen molar-refractivity contribution in [3.05, 3.63) is 68.8 Å². The van der Waals surface area contributed by atoms with Crippen LogP contribution in [0.3, 0.4) is 0 Å². The third-order valence-corrected chi connectivity index (χ3v) is 5.17. The van der Waals surface area contributed by atoms with Gasteiger partial charge in [0.1, 0.15) is 0 Å². The molecule has 0 saturated heterocycles. The Bertz CT molecular complexity index is 794. The summed E-state index contributed by atoms with van der Waals surface area (Å²) < 4.78 is 10.3. The van der Waals surface area contributed by atoms with Gasteiger partial charge in [-0.1, -0.05) is 12.1 Å². The fourth-order valence-corrected chi connectivity index (χ4v) is 3.20. The summed E-state index contributed by atoms with van der Waals surface area (Å²) in [4.78, 5) is 24.1. The summed E-state index contributed by atoms with van der Waals surface area (Å²) in [6, 6.07) is 7.65. The van der Waals surface area contributed by atoms with Crippen molar-refractivity contribution in [2.45, 2.75) is 48.0 Å². The first-order chi connectivity index (χ1) is 12.8. The van der Waals surface area contributed by atoms with Crippen LogP contribution in [0, 0.1) is 27.7 Å². The van der Waals surface area contributed by atoms with Gasteiger partial charge in [-0.25, -0.2) is 9.59 Å². The Morgan fingerprint density at radius 2 is 1.04 bits per heavy atom. The van der Waals surface area contributed by atoms with Gasteiger partial charge < -0.3 is 9.47 Å². The van der Waals surface area contributed by atoms with Gasteiger partial charge in [-0.15, -0.1) is 0 Å². The van der Waals surface area contributed by atoms with Crippen molar-refractivity contribution in [3.63, 3.8) is 0 Å². The van der Waals surface area contributed by atoms with Gasteiger partial charge in [0.15, 0.2) is 0 Å². The van der Waals surface area contributed by atoms with Gasteiger partial charge in [0.2, 0.25) is 0 Å². The van der Waals surface area contributed by atoms with Crippen molar-refractivity contribution in [2.24, 2.45) is 0 Å². The van der Waals surface area contributed by atoms with E-state index in [9.17, 15) is 9.59 Å². The highest BCUT2D eigenvalue weighted by molar-refractivity contribution is 5.92. The molecule has 0 aromatic heterocycles. The van der Waals surface area contributed by atoms with Gasteiger partial charge in [-0.05, 0) is 93.5 Å². The van der Waals surface area contributed by atoms with Crippen LogP contribution in [0.2, 0.25) is 0 Å². The lowest BCUT2D eigenvalue weighted by Crippen LogP contribution is -2.10. The van der Waals surface area contributed by atoms with Crippen molar-refractivity contribution < 1.29 is 19.1 Å². The molecule has 0 aliphatic rings. The van der Waals surface area contributed by atoms with Crippen LogP contribution in [0.5, 0.6) is 0 Å². The van der Waals surface area contributed by atoms with E-state index in [1.807, 2.05) is 52.0 Å². The normalized spacial score (nSPS) is 10.6. The quantitative estimate of drug-likeness (QED) is 0.683. The summed E-state index contributed by atoms with van der Waals surface area (Å²) in [5.74, 6) is -0.564. The second-order valence-electron chi connectivity index (χ2n) is 6.66. The van der Waals surface area contributed by atoms with E-state index in [1.54, 1.807) is 13.8 Å². The van der Waals surface area contributed by atoms with E-state index in [4.69, 9.17) is 9.47 Å². The molecule has 0 atom stereocenters. The van der Waals surface area contributed by atoms with Crippen molar-refractivity contribution in [1.82, 2.24) is 0 Å². The maximum Gasteiger partial charge on any atom is 0.338 e. The lowest BCUT2D eigenvalue weighted by Gasteiger charge is -2.16. The minimum Gasteiger partial charge on any atom is -0.462 e. The van der Waals surface area contributed by atoms with E-state index in [-0.39, 0.29) is 11.9 Å². The Kier molecular flexibility index (Phi) is 6.78. The molecule has 144 valence electrons. The number of hydrogen-bond donors (Lipinski definition) is 0. The number of hydrogen-bond acceptors (Lipinski definition) is 4. The number of rotatable bonds is 6. The predicted octanol–water partition coefficient (Wildman–Crippen LogP) is 4.86. The lowest BCUT2D eigenvalue weighted by atomic mass is 9.90. The third kappa shape index (κ3) is 4.38. The SMILES string of the molecule is CCOC(=O)c1ccc(Cc2ccc(C(=O)OCC)c(C)c2C)c(C)c1C. The molecule has 2 aromatic carbocycles. The molecule has 2 aromatic rings. The standard InChI is InChI=1S/C23H28O4/c1-7-26-22(24)20-11-9-18(14(3)16(20)5)13-19-10-12-21(17(6)15(19)4)23(25)27-8-2/h9-12H,7-8,13H2,1-6H3. The fourth-order valence-electron chi connectivity index (χ4n) is 3.20. The number of carbonyl (C=O) groups is 2. The second kappa shape index (κ2) is 8.85. The second-order valence-corrected chi connectivity index (χ2v) is 6.66. The molecule has 0 N–H and O–H groups in total. The van der Waals surface area contributed by atoms with Gasteiger partial charge in [-0.3, -0.25) is 0 Å². The topological polar surface area (TPSA) is 52.6 Å². The monoisotopic (exact) mass is 368 g/mol. The molecule has 0 aliphatic heterocycles. The van der Waals surface area contributed by atoms with E-state index in [2.05, 4.69) is 0 Å². The average molecular weight is 368 g/mol. The molecule has 0 bridgehead atoms. The van der Waals surface area contributed by atoms with Crippen molar-refractivity contribution >= 4 is 11.9 Å². The highest BCUT2D eigenvalue weighted by atomic mass is 16.5. The maximum absolute atomic E-state index is 12.1. The zero-order valence-electron chi connectivity index (χ0n) is 17.1. The summed E-state index contributed by atoms with van der Waals surface area (Å²) in [5, 5.41) is 0. The highest BCUT2D eigenvalue weighted by Gasteiger charge is 2.17. The summed E-state index contributed by atoms with van der Waals surface area (Å²) in [6.45, 7) is 12.3. The number of carbonyl (C=O) groups excluding carboxylic acids is 2. The van der Waals surface area contributed by atoms with E-state index in [1.165, 1.54) is 0 Å². The van der Waals surface area contributed by atoms with E-state index in [0.717, 1.165) is 39.8 Å². The molecule has 0 amide bonds. The van der Waals surface area contributed by atoms with Gasteiger partial charge in [0.25, 0.3) is 0 Å². The summed E-state index contributed by atoms with van der Waals surface area (Å²) >= 11 is 0. The molecule has 0 unspecified atom stereocenters. The Balaban J connectivity index is 2.35.